The number of halogens is 1. The maximum atomic E-state index is 12.3. The fourth-order valence-corrected chi connectivity index (χ4v) is 2.83. The number of amides is 1. The van der Waals surface area contributed by atoms with Gasteiger partial charge in [-0.25, -0.2) is 0 Å². The Balaban J connectivity index is 1.52. The van der Waals surface area contributed by atoms with Gasteiger partial charge < -0.3 is 15.2 Å². The van der Waals surface area contributed by atoms with Crippen LogP contribution in [0, 0.1) is 0 Å². The van der Waals surface area contributed by atoms with Gasteiger partial charge in [-0.2, -0.15) is 0 Å². The molecule has 0 aliphatic heterocycles. The average molecular weight is 346 g/mol. The van der Waals surface area contributed by atoms with Crippen molar-refractivity contribution in [3.05, 3.63) is 64.7 Å². The van der Waals surface area contributed by atoms with Gasteiger partial charge in [-0.3, -0.25) is 4.79 Å². The van der Waals surface area contributed by atoms with E-state index in [0.29, 0.717) is 16.7 Å². The number of aliphatic hydroxyl groups is 1. The summed E-state index contributed by atoms with van der Waals surface area (Å²) < 4.78 is 5.66. The molecule has 2 aromatic rings. The van der Waals surface area contributed by atoms with E-state index in [0.717, 1.165) is 12.0 Å². The first-order chi connectivity index (χ1) is 11.6. The molecule has 0 unspecified atom stereocenters. The second kappa shape index (κ2) is 7.24. The first-order valence-corrected chi connectivity index (χ1v) is 8.37. The number of nitrogens with one attached hydrogen (secondary N) is 1. The topological polar surface area (TPSA) is 58.6 Å². The van der Waals surface area contributed by atoms with Crippen LogP contribution in [0.15, 0.2) is 48.5 Å². The molecule has 0 radical (unpaired) electrons. The quantitative estimate of drug-likeness (QED) is 0.844. The molecule has 24 heavy (non-hydrogen) atoms. The standard InChI is InChI=1S/C19H20ClNO3/c1-12(24-16-4-2-3-13(9-16)11-22)19(23)21-18-10-17(18)14-5-7-15(20)8-6-14/h2-9,12,17-18,22H,10-11H2,1H3,(H,21,23)/t12-,17-,18+/m0/s1. The Bertz CT molecular complexity index is 717. The second-order valence-electron chi connectivity index (χ2n) is 6.07. The summed E-state index contributed by atoms with van der Waals surface area (Å²) in [6.45, 7) is 1.67. The molecule has 1 fully saturated rings. The normalized spacial score (nSPS) is 20.3. The van der Waals surface area contributed by atoms with Crippen molar-refractivity contribution in [1.29, 1.82) is 0 Å². The second-order valence-corrected chi connectivity index (χ2v) is 6.51. The van der Waals surface area contributed by atoms with Gasteiger partial charge in [0.1, 0.15) is 5.75 Å². The summed E-state index contributed by atoms with van der Waals surface area (Å²) in [6.07, 6.45) is 0.338. The highest BCUT2D eigenvalue weighted by atomic mass is 35.5. The molecule has 0 saturated heterocycles. The summed E-state index contributed by atoms with van der Waals surface area (Å²) in [5, 5.41) is 12.9. The van der Waals surface area contributed by atoms with Crippen LogP contribution in [0.4, 0.5) is 0 Å². The molecule has 3 rings (SSSR count). The Labute approximate surface area is 146 Å². The van der Waals surface area contributed by atoms with Gasteiger partial charge in [-0.05, 0) is 48.7 Å². The summed E-state index contributed by atoms with van der Waals surface area (Å²) >= 11 is 5.90. The summed E-state index contributed by atoms with van der Waals surface area (Å²) in [6, 6.07) is 15.0. The SMILES string of the molecule is C[C@H](Oc1cccc(CO)c1)C(=O)N[C@@H]1C[C@H]1c1ccc(Cl)cc1. The Morgan fingerprint density at radius 3 is 2.79 bits per heavy atom. The molecule has 1 aliphatic carbocycles. The Hall–Kier alpha value is -2.04. The van der Waals surface area contributed by atoms with Crippen LogP contribution in [0.1, 0.15) is 30.4 Å². The molecule has 1 aliphatic rings. The third kappa shape index (κ3) is 4.08. The summed E-state index contributed by atoms with van der Waals surface area (Å²) in [5.74, 6) is 0.788. The Kier molecular flexibility index (Phi) is 5.07. The van der Waals surface area contributed by atoms with E-state index in [4.69, 9.17) is 21.4 Å². The van der Waals surface area contributed by atoms with E-state index in [-0.39, 0.29) is 18.6 Å². The lowest BCUT2D eigenvalue weighted by Crippen LogP contribution is -2.38. The highest BCUT2D eigenvalue weighted by Crippen LogP contribution is 2.41. The van der Waals surface area contributed by atoms with Crippen molar-refractivity contribution >= 4 is 17.5 Å². The molecule has 1 saturated carbocycles. The van der Waals surface area contributed by atoms with Crippen LogP contribution in [0.25, 0.3) is 0 Å². The highest BCUT2D eigenvalue weighted by molar-refractivity contribution is 6.30. The molecule has 5 heteroatoms. The molecule has 1 amide bonds. The zero-order valence-corrected chi connectivity index (χ0v) is 14.2. The van der Waals surface area contributed by atoms with Gasteiger partial charge in [0.25, 0.3) is 5.91 Å². The zero-order valence-electron chi connectivity index (χ0n) is 13.4. The third-order valence-electron chi connectivity index (χ3n) is 4.18. The van der Waals surface area contributed by atoms with Crippen LogP contribution in [0.2, 0.25) is 5.02 Å². The van der Waals surface area contributed by atoms with E-state index in [1.54, 1.807) is 31.2 Å². The minimum absolute atomic E-state index is 0.0530. The Morgan fingerprint density at radius 2 is 2.08 bits per heavy atom. The fourth-order valence-electron chi connectivity index (χ4n) is 2.71. The average Bonchev–Trinajstić information content (AvgIpc) is 3.34. The number of benzene rings is 2. The van der Waals surface area contributed by atoms with E-state index in [2.05, 4.69) is 5.32 Å². The molecule has 3 atom stereocenters. The number of ether oxygens (including phenoxy) is 1. The number of hydrogen-bond acceptors (Lipinski definition) is 3. The molecule has 0 heterocycles. The number of carbonyl (C=O) groups is 1. The summed E-state index contributed by atoms with van der Waals surface area (Å²) in [5.41, 5.74) is 1.94. The molecule has 126 valence electrons. The van der Waals surface area contributed by atoms with E-state index in [1.807, 2.05) is 24.3 Å². The number of aliphatic hydroxyl groups excluding tert-OH is 1. The van der Waals surface area contributed by atoms with E-state index >= 15 is 0 Å². The van der Waals surface area contributed by atoms with Gasteiger partial charge in [-0.15, -0.1) is 0 Å². The van der Waals surface area contributed by atoms with Gasteiger partial charge in [0, 0.05) is 17.0 Å². The maximum Gasteiger partial charge on any atom is 0.261 e. The van der Waals surface area contributed by atoms with Crippen LogP contribution >= 0.6 is 11.6 Å². The van der Waals surface area contributed by atoms with Gasteiger partial charge in [0.2, 0.25) is 0 Å². The van der Waals surface area contributed by atoms with Crippen LogP contribution < -0.4 is 10.1 Å². The molecule has 0 spiro atoms. The third-order valence-corrected chi connectivity index (χ3v) is 4.43. The number of rotatable bonds is 6. The molecular weight excluding hydrogens is 326 g/mol. The van der Waals surface area contributed by atoms with Crippen LogP contribution in [0.5, 0.6) is 5.75 Å². The fraction of sp³-hybridized carbons (Fsp3) is 0.316. The molecular formula is C19H20ClNO3. The summed E-state index contributed by atoms with van der Waals surface area (Å²) in [7, 11) is 0. The lowest BCUT2D eigenvalue weighted by atomic mass is 10.1. The van der Waals surface area contributed by atoms with Crippen molar-refractivity contribution < 1.29 is 14.6 Å². The van der Waals surface area contributed by atoms with Crippen LogP contribution in [0.3, 0.4) is 0 Å². The van der Waals surface area contributed by atoms with Gasteiger partial charge in [0.05, 0.1) is 6.61 Å². The summed E-state index contributed by atoms with van der Waals surface area (Å²) in [4.78, 5) is 12.3. The van der Waals surface area contributed by atoms with Crippen molar-refractivity contribution in [2.75, 3.05) is 0 Å². The molecule has 4 nitrogen and oxygen atoms in total. The monoisotopic (exact) mass is 345 g/mol. The van der Waals surface area contributed by atoms with E-state index in [1.165, 1.54) is 5.56 Å². The van der Waals surface area contributed by atoms with E-state index in [9.17, 15) is 4.79 Å². The smallest absolute Gasteiger partial charge is 0.261 e. The van der Waals surface area contributed by atoms with Gasteiger partial charge >= 0.3 is 0 Å². The maximum absolute atomic E-state index is 12.3. The highest BCUT2D eigenvalue weighted by Gasteiger charge is 2.40. The van der Waals surface area contributed by atoms with Crippen molar-refractivity contribution in [1.82, 2.24) is 5.32 Å². The number of carbonyl (C=O) groups excluding carboxylic acids is 1. The first kappa shape index (κ1) is 16.8. The van der Waals surface area contributed by atoms with Crippen molar-refractivity contribution in [2.45, 2.75) is 38.0 Å². The lowest BCUT2D eigenvalue weighted by molar-refractivity contribution is -0.127. The Morgan fingerprint density at radius 1 is 1.33 bits per heavy atom. The largest absolute Gasteiger partial charge is 0.481 e. The molecule has 2 N–H and O–H groups in total. The number of hydrogen-bond donors (Lipinski definition) is 2. The lowest BCUT2D eigenvalue weighted by Gasteiger charge is -2.15. The van der Waals surface area contributed by atoms with Crippen molar-refractivity contribution in [3.63, 3.8) is 0 Å². The van der Waals surface area contributed by atoms with Crippen molar-refractivity contribution in [3.8, 4) is 5.75 Å². The van der Waals surface area contributed by atoms with Crippen LogP contribution in [-0.2, 0) is 11.4 Å². The zero-order chi connectivity index (χ0) is 17.1. The predicted octanol–water partition coefficient (Wildman–Crippen LogP) is 3.27. The van der Waals surface area contributed by atoms with Gasteiger partial charge in [-0.1, -0.05) is 35.9 Å². The van der Waals surface area contributed by atoms with Crippen LogP contribution in [-0.4, -0.2) is 23.2 Å². The van der Waals surface area contributed by atoms with Crippen molar-refractivity contribution in [2.24, 2.45) is 0 Å². The molecule has 0 bridgehead atoms. The minimum Gasteiger partial charge on any atom is -0.481 e. The molecule has 2 aromatic carbocycles. The minimum atomic E-state index is -0.592. The molecule has 0 aromatic heterocycles. The first-order valence-electron chi connectivity index (χ1n) is 7.99. The predicted molar refractivity (Wildman–Crippen MR) is 93.2 cm³/mol. The van der Waals surface area contributed by atoms with E-state index < -0.39 is 6.10 Å². The van der Waals surface area contributed by atoms with Gasteiger partial charge in [0.15, 0.2) is 6.10 Å².